The zero-order valence-electron chi connectivity index (χ0n) is 10.4. The molecule has 2 atom stereocenters. The van der Waals surface area contributed by atoms with E-state index in [0.29, 0.717) is 18.1 Å². The number of carbonyl (C=O) groups excluding carboxylic acids is 1. The van der Waals surface area contributed by atoms with Crippen molar-refractivity contribution in [3.05, 3.63) is 19.9 Å². The third-order valence-electron chi connectivity index (χ3n) is 4.13. The number of halogens is 1. The number of hydrogen-bond donors (Lipinski definition) is 1. The third kappa shape index (κ3) is 2.44. The van der Waals surface area contributed by atoms with Crippen molar-refractivity contribution in [3.63, 3.8) is 0 Å². The van der Waals surface area contributed by atoms with Gasteiger partial charge in [0.25, 0.3) is 5.91 Å². The molecule has 98 valence electrons. The van der Waals surface area contributed by atoms with Gasteiger partial charge in [-0.25, -0.2) is 0 Å². The highest BCUT2D eigenvalue weighted by atomic mass is 127. The van der Waals surface area contributed by atoms with Gasteiger partial charge in [0.1, 0.15) is 0 Å². The second-order valence-electron chi connectivity index (χ2n) is 5.32. The van der Waals surface area contributed by atoms with Crippen LogP contribution in [0.3, 0.4) is 0 Å². The predicted octanol–water partition coefficient (Wildman–Crippen LogP) is 2.71. The van der Waals surface area contributed by atoms with E-state index in [4.69, 9.17) is 0 Å². The first kappa shape index (κ1) is 12.9. The quantitative estimate of drug-likeness (QED) is 0.806. The number of nitrogens with zero attached hydrogens (tertiary/aromatic N) is 1. The van der Waals surface area contributed by atoms with Crippen molar-refractivity contribution in [3.8, 4) is 0 Å². The van der Waals surface area contributed by atoms with E-state index in [-0.39, 0.29) is 5.91 Å². The van der Waals surface area contributed by atoms with Crippen LogP contribution in [0.15, 0.2) is 11.4 Å². The van der Waals surface area contributed by atoms with Gasteiger partial charge in [-0.3, -0.25) is 4.79 Å². The maximum absolute atomic E-state index is 12.4. The number of hydrogen-bond acceptors (Lipinski definition) is 3. The monoisotopic (exact) mass is 376 g/mol. The van der Waals surface area contributed by atoms with Crippen molar-refractivity contribution in [1.29, 1.82) is 0 Å². The molecule has 1 aromatic heterocycles. The Kier molecular flexibility index (Phi) is 3.64. The van der Waals surface area contributed by atoms with Crippen LogP contribution in [0.4, 0.5) is 0 Å². The zero-order valence-corrected chi connectivity index (χ0v) is 13.3. The van der Waals surface area contributed by atoms with E-state index >= 15 is 0 Å². The summed E-state index contributed by atoms with van der Waals surface area (Å²) in [5.74, 6) is 0.181. The predicted molar refractivity (Wildman–Crippen MR) is 82.1 cm³/mol. The average Bonchev–Trinajstić information content (AvgIpc) is 2.94. The van der Waals surface area contributed by atoms with Crippen LogP contribution < -0.4 is 5.32 Å². The topological polar surface area (TPSA) is 32.3 Å². The Morgan fingerprint density at radius 3 is 2.67 bits per heavy atom. The van der Waals surface area contributed by atoms with Gasteiger partial charge in [0.2, 0.25) is 0 Å². The molecule has 3 heterocycles. The summed E-state index contributed by atoms with van der Waals surface area (Å²) in [6.07, 6.45) is 4.78. The summed E-state index contributed by atoms with van der Waals surface area (Å²) in [5.41, 5.74) is 0.845. The molecule has 0 spiro atoms. The number of rotatable bonds is 2. The van der Waals surface area contributed by atoms with E-state index in [1.54, 1.807) is 11.3 Å². The zero-order chi connectivity index (χ0) is 12.7. The van der Waals surface area contributed by atoms with E-state index in [9.17, 15) is 4.79 Å². The van der Waals surface area contributed by atoms with E-state index in [0.717, 1.165) is 18.4 Å². The Labute approximate surface area is 125 Å². The van der Waals surface area contributed by atoms with E-state index in [1.807, 2.05) is 23.4 Å². The molecule has 2 fully saturated rings. The van der Waals surface area contributed by atoms with Gasteiger partial charge in [-0.05, 0) is 54.3 Å². The van der Waals surface area contributed by atoms with Crippen molar-refractivity contribution in [1.82, 2.24) is 10.2 Å². The second kappa shape index (κ2) is 5.09. The number of thiophene rings is 1. The lowest BCUT2D eigenvalue weighted by atomic mass is 9.98. The molecule has 2 saturated heterocycles. The molecule has 2 aliphatic rings. The molecule has 1 amide bonds. The number of carbonyl (C=O) groups is 1. The summed E-state index contributed by atoms with van der Waals surface area (Å²) in [6, 6.07) is 3.66. The molecule has 0 aliphatic carbocycles. The van der Waals surface area contributed by atoms with Crippen LogP contribution in [0.1, 0.15) is 36.0 Å². The van der Waals surface area contributed by atoms with E-state index in [1.165, 1.54) is 15.7 Å². The van der Waals surface area contributed by atoms with E-state index in [2.05, 4.69) is 27.9 Å². The molecule has 3 nitrogen and oxygen atoms in total. The Morgan fingerprint density at radius 1 is 1.44 bits per heavy atom. The number of amides is 1. The molecule has 2 bridgehead atoms. The molecule has 0 saturated carbocycles. The number of piperidine rings is 1. The van der Waals surface area contributed by atoms with Crippen molar-refractivity contribution in [2.75, 3.05) is 7.05 Å². The third-order valence-corrected chi connectivity index (χ3v) is 5.92. The van der Waals surface area contributed by atoms with Gasteiger partial charge in [0.05, 0.1) is 8.45 Å². The molecule has 2 aliphatic heterocycles. The van der Waals surface area contributed by atoms with Crippen LogP contribution in [0.5, 0.6) is 0 Å². The summed E-state index contributed by atoms with van der Waals surface area (Å²) in [4.78, 5) is 14.4. The van der Waals surface area contributed by atoms with Crippen LogP contribution in [-0.2, 0) is 0 Å². The molecule has 1 aromatic rings. The van der Waals surface area contributed by atoms with Gasteiger partial charge in [-0.2, -0.15) is 0 Å². The van der Waals surface area contributed by atoms with Crippen molar-refractivity contribution < 1.29 is 4.79 Å². The minimum atomic E-state index is 0.181. The SMILES string of the molecule is CN(C(=O)c1csc(I)c1)C1CC2CCC(C1)N2. The molecule has 3 rings (SSSR count). The van der Waals surface area contributed by atoms with Gasteiger partial charge in [-0.1, -0.05) is 0 Å². The summed E-state index contributed by atoms with van der Waals surface area (Å²) >= 11 is 3.90. The number of nitrogens with one attached hydrogen (secondary N) is 1. The van der Waals surface area contributed by atoms with E-state index < -0.39 is 0 Å². The Hall–Kier alpha value is -0.140. The highest BCUT2D eigenvalue weighted by Crippen LogP contribution is 2.30. The minimum Gasteiger partial charge on any atom is -0.339 e. The molecule has 5 heteroatoms. The highest BCUT2D eigenvalue weighted by molar-refractivity contribution is 14.1. The first-order valence-corrected chi connectivity index (χ1v) is 8.36. The standard InChI is InChI=1S/C13H17IN2OS/c1-16(13(17)8-4-12(14)18-7-8)11-5-9-2-3-10(6-11)15-9/h4,7,9-11,15H,2-3,5-6H2,1H3. The Morgan fingerprint density at radius 2 is 2.11 bits per heavy atom. The molecule has 0 aromatic carbocycles. The normalized spacial score (nSPS) is 30.4. The fourth-order valence-corrected chi connectivity index (χ4v) is 4.46. The molecule has 2 unspecified atom stereocenters. The first-order chi connectivity index (χ1) is 8.63. The van der Waals surface area contributed by atoms with Crippen LogP contribution >= 0.6 is 33.9 Å². The van der Waals surface area contributed by atoms with Gasteiger partial charge < -0.3 is 10.2 Å². The maximum Gasteiger partial charge on any atom is 0.254 e. The summed E-state index contributed by atoms with van der Waals surface area (Å²) in [6.45, 7) is 0. The Balaban J connectivity index is 1.70. The van der Waals surface area contributed by atoms with Crippen molar-refractivity contribution >= 4 is 39.8 Å². The fourth-order valence-electron chi connectivity index (χ4n) is 3.14. The fraction of sp³-hybridized carbons (Fsp3) is 0.615. The molecular weight excluding hydrogens is 359 g/mol. The van der Waals surface area contributed by atoms with Gasteiger partial charge >= 0.3 is 0 Å². The molecule has 1 N–H and O–H groups in total. The van der Waals surface area contributed by atoms with Crippen LogP contribution in [0.2, 0.25) is 0 Å². The van der Waals surface area contributed by atoms with Gasteiger partial charge in [-0.15, -0.1) is 11.3 Å². The lowest BCUT2D eigenvalue weighted by Crippen LogP contribution is -2.48. The maximum atomic E-state index is 12.4. The van der Waals surface area contributed by atoms with Gasteiger partial charge in [0, 0.05) is 30.6 Å². The smallest absolute Gasteiger partial charge is 0.254 e. The summed E-state index contributed by atoms with van der Waals surface area (Å²) in [7, 11) is 1.96. The van der Waals surface area contributed by atoms with Crippen LogP contribution in [-0.4, -0.2) is 36.0 Å². The highest BCUT2D eigenvalue weighted by Gasteiger charge is 2.36. The van der Waals surface area contributed by atoms with Crippen molar-refractivity contribution in [2.45, 2.75) is 43.8 Å². The number of fused-ring (bicyclic) bond motifs is 2. The molecule has 0 radical (unpaired) electrons. The first-order valence-electron chi connectivity index (χ1n) is 6.40. The molecular formula is C13H17IN2OS. The van der Waals surface area contributed by atoms with Crippen LogP contribution in [0.25, 0.3) is 0 Å². The summed E-state index contributed by atoms with van der Waals surface area (Å²) in [5, 5.41) is 5.59. The Bertz CT molecular complexity index is 450. The van der Waals surface area contributed by atoms with Crippen molar-refractivity contribution in [2.24, 2.45) is 0 Å². The minimum absolute atomic E-state index is 0.181. The van der Waals surface area contributed by atoms with Gasteiger partial charge in [0.15, 0.2) is 0 Å². The lowest BCUT2D eigenvalue weighted by molar-refractivity contribution is 0.0682. The largest absolute Gasteiger partial charge is 0.339 e. The lowest BCUT2D eigenvalue weighted by Gasteiger charge is -2.35. The molecule has 18 heavy (non-hydrogen) atoms. The second-order valence-corrected chi connectivity index (χ2v) is 8.12. The summed E-state index contributed by atoms with van der Waals surface area (Å²) < 4.78 is 1.18. The van der Waals surface area contributed by atoms with Crippen LogP contribution in [0, 0.1) is 2.88 Å². The average molecular weight is 376 g/mol.